The summed E-state index contributed by atoms with van der Waals surface area (Å²) in [6.07, 6.45) is 103. The molecule has 6 nitrogen and oxygen atoms in total. The zero-order chi connectivity index (χ0) is 94.9. The van der Waals surface area contributed by atoms with Gasteiger partial charge in [-0.3, -0.25) is 9.59 Å². The van der Waals surface area contributed by atoms with Gasteiger partial charge in [0.1, 0.15) is 12.2 Å². The number of aliphatic hydroxyl groups excluding tert-OH is 4. The average Bonchev–Trinajstić information content (AvgIpc) is 0.788. The normalized spacial score (nSPS) is 21.7. The first kappa shape index (κ1) is 112. The first-order valence-corrected chi connectivity index (χ1v) is 45.5. The van der Waals surface area contributed by atoms with Gasteiger partial charge in [0.25, 0.3) is 0 Å². The van der Waals surface area contributed by atoms with Crippen molar-refractivity contribution in [1.29, 1.82) is 0 Å². The minimum Gasteiger partial charge on any atom is -0.393 e. The monoisotopic (exact) mass is 1700 g/mol. The van der Waals surface area contributed by atoms with Crippen LogP contribution in [0.5, 0.6) is 0 Å². The van der Waals surface area contributed by atoms with Gasteiger partial charge in [0.15, 0.2) is 11.6 Å². The van der Waals surface area contributed by atoms with Crippen LogP contribution in [0.1, 0.15) is 272 Å². The average molecular weight is 1700 g/mol. The summed E-state index contributed by atoms with van der Waals surface area (Å²) in [6, 6.07) is 0. The number of Topliss-reactive ketones (excluding diaryl/α,β-unsaturated/α-hetero) is 2. The fraction of sp³-hybridized carbons (Fsp3) is 0.400. The molecule has 0 saturated carbocycles. The summed E-state index contributed by atoms with van der Waals surface area (Å²) in [6.45, 7) is 63.1. The van der Waals surface area contributed by atoms with Crippen molar-refractivity contribution < 1.29 is 30.0 Å². The van der Waals surface area contributed by atoms with Crippen molar-refractivity contribution >= 4 is 11.6 Å². The van der Waals surface area contributed by atoms with Gasteiger partial charge in [-0.15, -0.1) is 0 Å². The van der Waals surface area contributed by atoms with E-state index in [-0.39, 0.29) is 45.4 Å². The first-order chi connectivity index (χ1) is 59.0. The molecule has 126 heavy (non-hydrogen) atoms. The Bertz CT molecular complexity index is 4550. The van der Waals surface area contributed by atoms with Gasteiger partial charge >= 0.3 is 0 Å². The maximum Gasteiger partial charge on any atom is 0.187 e. The lowest BCUT2D eigenvalue weighted by atomic mass is 9.71. The quantitative estimate of drug-likeness (QED) is 0.0367. The second kappa shape index (κ2) is 58.4. The Morgan fingerprint density at radius 1 is 0.270 bits per heavy atom. The number of allylic oxidation sites excluding steroid dienone is 66. The molecule has 0 spiro atoms. The number of aliphatic hydroxyl groups is 4. The van der Waals surface area contributed by atoms with Gasteiger partial charge in [-0.25, -0.2) is 0 Å². The highest BCUT2D eigenvalue weighted by atomic mass is 16.3. The van der Waals surface area contributed by atoms with Crippen LogP contribution in [0.15, 0.2) is 413 Å². The summed E-state index contributed by atoms with van der Waals surface area (Å²) in [5.74, 6) is -0.350. The van der Waals surface area contributed by atoms with E-state index in [1.165, 1.54) is 89.2 Å². The van der Waals surface area contributed by atoms with E-state index in [0.717, 1.165) is 84.8 Å². The van der Waals surface area contributed by atoms with E-state index in [4.69, 9.17) is 0 Å². The number of ketones is 2. The third-order valence-electron chi connectivity index (χ3n) is 22.5. The van der Waals surface area contributed by atoms with Crippen molar-refractivity contribution in [3.8, 4) is 0 Å². The first-order valence-electron chi connectivity index (χ1n) is 45.5. The number of hydrogen-bond donors (Lipinski definition) is 4. The van der Waals surface area contributed by atoms with Crippen LogP contribution in [-0.4, -0.2) is 56.4 Å². The third kappa shape index (κ3) is 47.6. The highest BCUT2D eigenvalue weighted by Gasteiger charge is 2.38. The van der Waals surface area contributed by atoms with Gasteiger partial charge in [0.2, 0.25) is 0 Å². The van der Waals surface area contributed by atoms with E-state index >= 15 is 0 Å². The largest absolute Gasteiger partial charge is 0.393 e. The third-order valence-corrected chi connectivity index (χ3v) is 22.5. The Balaban J connectivity index is 0.000000641. The molecule has 0 aromatic heterocycles. The van der Waals surface area contributed by atoms with E-state index in [1.54, 1.807) is 13.8 Å². The molecular formula is C120H164O6. The molecule has 4 rings (SSSR count). The number of hydrogen-bond acceptors (Lipinski definition) is 6. The van der Waals surface area contributed by atoms with Crippen LogP contribution in [-0.2, 0) is 9.59 Å². The summed E-state index contributed by atoms with van der Waals surface area (Å²) < 4.78 is 0. The van der Waals surface area contributed by atoms with Gasteiger partial charge in [0, 0.05) is 0 Å². The molecule has 0 radical (unpaired) electrons. The van der Waals surface area contributed by atoms with Crippen LogP contribution in [0.25, 0.3) is 0 Å². The summed E-state index contributed by atoms with van der Waals surface area (Å²) in [5.41, 5.74) is 27.7. The maximum absolute atomic E-state index is 12.2. The Hall–Kier alpha value is -9.92. The van der Waals surface area contributed by atoms with Crippen LogP contribution in [0.4, 0.5) is 0 Å². The Labute approximate surface area is 768 Å². The lowest BCUT2D eigenvalue weighted by molar-refractivity contribution is -0.126. The van der Waals surface area contributed by atoms with Crippen LogP contribution < -0.4 is 0 Å². The minimum atomic E-state index is -0.907. The molecule has 0 amide bonds. The molecular weight excluding hydrogens is 1540 g/mol. The molecule has 0 bridgehead atoms. The topological polar surface area (TPSA) is 115 Å². The molecule has 0 aromatic carbocycles. The predicted molar refractivity (Wildman–Crippen MR) is 555 cm³/mol. The summed E-state index contributed by atoms with van der Waals surface area (Å²) in [4.78, 5) is 24.5. The molecule has 0 saturated heterocycles. The zero-order valence-corrected chi connectivity index (χ0v) is 83.5. The van der Waals surface area contributed by atoms with Crippen LogP contribution in [0.3, 0.4) is 0 Å². The molecule has 680 valence electrons. The summed E-state index contributed by atoms with van der Waals surface area (Å²) in [5, 5.41) is 40.3. The standard InChI is InChI=1S/C40H52O4.C40H56O2.C40H56/c1-27(17-13-19-29(3)21-23-33-31(5)37(43)35(41)25-39(33,7)8)15-11-12-16-28(2)18-14-20-30(4)22-24-34-32(6)38(44)36(42)26-40(34,9)10;1-29(17-13-19-31(3)21-23-37-33(5)25-35(41)27-39(37,7)8)15-11-12-16-30(2)18-14-20-32(4)22-24-38-34(6)26-36(42)28-40(38,9)10;1-33(2)19-13-23-37(7)27-17-31-39(9)29-15-25-35(5)21-11-12-22-36(6)26-16-30-40(10)32-18-28-38(8)24-14-20-34(3)4/h11-24,35-36,41-42H,25-26H2,1-10H3;11-24,35-36,41-42H,25-28H2,1-10H3;11-12,15-22,25-32H,13-14,23-24H2,1-10H3/b12-11+,17-13+,18-14+,23-21+,24-22+,27-15+,28-16+,29-19+,30-20+;12-11+,17-13+,18-14+,23-21+,24-22+,29-15+,30-16+,31-19+,32-20+;12-11+,25-15+,26-16+,31-17+,32-18+,35-21+,36-22+,37-27+,38-28+,39-29+,40-30+/t;35-,36-;/m.1./s1. The Morgan fingerprint density at radius 3 is 0.675 bits per heavy atom. The van der Waals surface area contributed by atoms with Crippen molar-refractivity contribution in [2.75, 3.05) is 0 Å². The van der Waals surface area contributed by atoms with Gasteiger partial charge in [-0.05, 0) is 272 Å². The van der Waals surface area contributed by atoms with E-state index < -0.39 is 12.2 Å². The number of carbonyl (C=O) groups excluding carboxylic acids is 2. The second-order valence-electron chi connectivity index (χ2n) is 38.2. The van der Waals surface area contributed by atoms with E-state index in [9.17, 15) is 30.0 Å². The molecule has 4 aliphatic rings. The van der Waals surface area contributed by atoms with E-state index in [2.05, 4.69) is 399 Å². The molecule has 0 aliphatic heterocycles. The van der Waals surface area contributed by atoms with Gasteiger partial charge in [0.05, 0.1) is 12.2 Å². The molecule has 6 heteroatoms. The van der Waals surface area contributed by atoms with Crippen molar-refractivity contribution in [2.45, 2.75) is 296 Å². The molecule has 4 atom stereocenters. The molecule has 2 unspecified atom stereocenters. The Morgan fingerprint density at radius 2 is 0.460 bits per heavy atom. The van der Waals surface area contributed by atoms with E-state index in [1.807, 2.05) is 74.6 Å². The molecule has 0 heterocycles. The Kier molecular flexibility index (Phi) is 52.0. The van der Waals surface area contributed by atoms with Crippen molar-refractivity contribution in [3.63, 3.8) is 0 Å². The molecule has 4 aliphatic carbocycles. The van der Waals surface area contributed by atoms with Gasteiger partial charge in [-0.2, -0.15) is 0 Å². The molecule has 0 fully saturated rings. The molecule has 4 N–H and O–H groups in total. The minimum absolute atomic E-state index is 0.00547. The summed E-state index contributed by atoms with van der Waals surface area (Å²) in [7, 11) is 0. The van der Waals surface area contributed by atoms with Crippen molar-refractivity contribution in [2.24, 2.45) is 21.7 Å². The highest BCUT2D eigenvalue weighted by molar-refractivity contribution is 6.01. The SMILES string of the molecule is CC(C)=CCC/C(C)=C/C=C/C(C)=C/C=C/C(C)=C/C=C/C=C(C)/C=C/C=C(C)/C=C/C=C(\C)CCC=C(C)C.CC1=C(/C=C/C(C)=C/C=C/C(C)=C/C=C/C=C(C)/C=C/C=C(C)/C=C/C2=C(C)C(=O)C(O)CC2(C)C)C(C)(C)CC(O)C1=O.CC1=C(/C=C/C(C)=C/C=C/C(C)=C/C=C/C=C(C)/C=C/C=C(C)/C=C/C2=C(C)C[C@@H](O)CC2(C)C)C(C)(C)C[C@H](O)C1. The lowest BCUT2D eigenvalue weighted by Crippen LogP contribution is -2.35. The zero-order valence-electron chi connectivity index (χ0n) is 83.5. The van der Waals surface area contributed by atoms with Gasteiger partial charge in [-0.1, -0.05) is 435 Å². The number of carbonyl (C=O) groups is 2. The fourth-order valence-electron chi connectivity index (χ4n) is 15.2. The highest BCUT2D eigenvalue weighted by Crippen LogP contribution is 2.44. The second-order valence-corrected chi connectivity index (χ2v) is 38.2. The lowest BCUT2D eigenvalue weighted by Gasteiger charge is -2.35. The van der Waals surface area contributed by atoms with Crippen molar-refractivity contribution in [1.82, 2.24) is 0 Å². The van der Waals surface area contributed by atoms with E-state index in [0.29, 0.717) is 24.0 Å². The van der Waals surface area contributed by atoms with Crippen molar-refractivity contribution in [3.05, 3.63) is 413 Å². The molecule has 0 aromatic rings. The predicted octanol–water partition coefficient (Wildman–Crippen LogP) is 32.4. The smallest absolute Gasteiger partial charge is 0.187 e. The van der Waals surface area contributed by atoms with Crippen LogP contribution in [0.2, 0.25) is 0 Å². The fourth-order valence-corrected chi connectivity index (χ4v) is 15.2. The summed E-state index contributed by atoms with van der Waals surface area (Å²) >= 11 is 0. The van der Waals surface area contributed by atoms with Gasteiger partial charge < -0.3 is 20.4 Å². The van der Waals surface area contributed by atoms with Crippen LogP contribution in [0, 0.1) is 21.7 Å². The number of rotatable bonds is 36. The van der Waals surface area contributed by atoms with Crippen LogP contribution >= 0.6 is 0 Å². The maximum atomic E-state index is 12.2.